The van der Waals surface area contributed by atoms with Gasteiger partial charge >= 0.3 is 12.1 Å². The van der Waals surface area contributed by atoms with E-state index in [0.717, 1.165) is 18.7 Å². The Labute approximate surface area is 183 Å². The van der Waals surface area contributed by atoms with Crippen molar-refractivity contribution in [2.75, 3.05) is 39.3 Å². The number of nitrogens with zero attached hydrogens (tertiary/aromatic N) is 3. The number of aliphatic carboxylic acids is 1. The molecular formula is C21H27F4N3O4. The summed E-state index contributed by atoms with van der Waals surface area (Å²) in [4.78, 5) is 39.3. The highest BCUT2D eigenvalue weighted by Crippen LogP contribution is 2.35. The summed E-state index contributed by atoms with van der Waals surface area (Å²) in [7, 11) is 0. The summed E-state index contributed by atoms with van der Waals surface area (Å²) in [6.07, 6.45) is -4.59. The van der Waals surface area contributed by atoms with Gasteiger partial charge in [0, 0.05) is 64.6 Å². The maximum atomic E-state index is 13.1. The number of hydrogen-bond acceptors (Lipinski definition) is 4. The molecule has 2 fully saturated rings. The van der Waals surface area contributed by atoms with Crippen LogP contribution in [0, 0.1) is 11.2 Å². The first-order valence-corrected chi connectivity index (χ1v) is 10.2. The monoisotopic (exact) mass is 461 g/mol. The summed E-state index contributed by atoms with van der Waals surface area (Å²) < 4.78 is 44.9. The lowest BCUT2D eigenvalue weighted by Gasteiger charge is -2.33. The molecule has 178 valence electrons. The second-order valence-corrected chi connectivity index (χ2v) is 8.17. The van der Waals surface area contributed by atoms with E-state index >= 15 is 0 Å². The van der Waals surface area contributed by atoms with E-state index in [0.29, 0.717) is 39.1 Å². The van der Waals surface area contributed by atoms with Crippen molar-refractivity contribution in [3.63, 3.8) is 0 Å². The third-order valence-electron chi connectivity index (χ3n) is 5.57. The standard InChI is InChI=1S/C19H26FN3O2.C2HF3O2/c1-3-22-13-19(10-18(22)25)12-21(8-9-23(14-19)15(2)24)11-16-4-6-17(20)7-5-16;3-2(4,5)1(6)7/h4-7H,3,8-14H2,1-2H3;(H,6,7). The van der Waals surface area contributed by atoms with Gasteiger partial charge in [-0.1, -0.05) is 12.1 Å². The molecule has 0 radical (unpaired) electrons. The number of rotatable bonds is 3. The molecule has 1 unspecified atom stereocenters. The van der Waals surface area contributed by atoms with Crippen LogP contribution in [0.5, 0.6) is 0 Å². The van der Waals surface area contributed by atoms with E-state index in [1.807, 2.05) is 16.7 Å². The molecule has 1 N–H and O–H groups in total. The first kappa shape index (κ1) is 25.6. The van der Waals surface area contributed by atoms with Crippen molar-refractivity contribution in [2.24, 2.45) is 5.41 Å². The van der Waals surface area contributed by atoms with E-state index in [9.17, 15) is 27.2 Å². The number of carboxylic acids is 1. The number of halogens is 4. The van der Waals surface area contributed by atoms with Gasteiger partial charge in [-0.2, -0.15) is 13.2 Å². The number of carbonyl (C=O) groups is 3. The molecule has 0 aromatic heterocycles. The molecule has 0 bridgehead atoms. The summed E-state index contributed by atoms with van der Waals surface area (Å²) >= 11 is 0. The maximum Gasteiger partial charge on any atom is 0.490 e. The summed E-state index contributed by atoms with van der Waals surface area (Å²) in [5, 5.41) is 7.12. The molecule has 1 aromatic carbocycles. The van der Waals surface area contributed by atoms with Gasteiger partial charge in [-0.05, 0) is 24.6 Å². The van der Waals surface area contributed by atoms with E-state index < -0.39 is 12.1 Å². The fourth-order valence-corrected chi connectivity index (χ4v) is 4.08. The zero-order chi connectivity index (χ0) is 24.1. The van der Waals surface area contributed by atoms with Crippen LogP contribution in [-0.2, 0) is 20.9 Å². The summed E-state index contributed by atoms with van der Waals surface area (Å²) in [6.45, 7) is 8.53. The van der Waals surface area contributed by atoms with Crippen LogP contribution in [0.4, 0.5) is 17.6 Å². The molecule has 1 aromatic rings. The van der Waals surface area contributed by atoms with E-state index in [1.54, 1.807) is 19.1 Å². The fraction of sp³-hybridized carbons (Fsp3) is 0.571. The molecule has 11 heteroatoms. The SMILES string of the molecule is CCN1CC2(CC1=O)CN(Cc1ccc(F)cc1)CCN(C(C)=O)C2.O=C(O)C(F)(F)F. The normalized spacial score (nSPS) is 21.9. The topological polar surface area (TPSA) is 81.2 Å². The van der Waals surface area contributed by atoms with Crippen molar-refractivity contribution in [1.29, 1.82) is 0 Å². The Hall–Kier alpha value is -2.69. The van der Waals surface area contributed by atoms with E-state index in [1.165, 1.54) is 12.1 Å². The third-order valence-corrected chi connectivity index (χ3v) is 5.57. The number of alkyl halides is 3. The lowest BCUT2D eigenvalue weighted by Crippen LogP contribution is -2.43. The van der Waals surface area contributed by atoms with Crippen molar-refractivity contribution in [1.82, 2.24) is 14.7 Å². The second-order valence-electron chi connectivity index (χ2n) is 8.17. The Balaban J connectivity index is 0.000000451. The minimum absolute atomic E-state index is 0.0606. The quantitative estimate of drug-likeness (QED) is 0.699. The van der Waals surface area contributed by atoms with Gasteiger partial charge in [0.05, 0.1) is 0 Å². The molecule has 1 atom stereocenters. The maximum absolute atomic E-state index is 13.1. The van der Waals surface area contributed by atoms with Crippen LogP contribution < -0.4 is 0 Å². The van der Waals surface area contributed by atoms with Gasteiger partial charge in [0.25, 0.3) is 0 Å². The minimum Gasteiger partial charge on any atom is -0.475 e. The Bertz CT molecular complexity index is 831. The molecule has 2 heterocycles. The molecule has 3 rings (SSSR count). The van der Waals surface area contributed by atoms with Gasteiger partial charge in [0.2, 0.25) is 11.8 Å². The van der Waals surface area contributed by atoms with Crippen LogP contribution in [-0.4, -0.2) is 83.0 Å². The zero-order valence-corrected chi connectivity index (χ0v) is 18.0. The highest BCUT2D eigenvalue weighted by Gasteiger charge is 2.46. The highest BCUT2D eigenvalue weighted by atomic mass is 19.4. The molecule has 1 spiro atoms. The predicted octanol–water partition coefficient (Wildman–Crippen LogP) is 2.36. The molecule has 7 nitrogen and oxygen atoms in total. The van der Waals surface area contributed by atoms with Crippen LogP contribution in [0.1, 0.15) is 25.8 Å². The lowest BCUT2D eigenvalue weighted by atomic mass is 9.85. The number of carboxylic acid groups (broad SMARTS) is 1. The minimum atomic E-state index is -5.08. The second kappa shape index (κ2) is 10.3. The Morgan fingerprint density at radius 2 is 1.69 bits per heavy atom. The van der Waals surface area contributed by atoms with Crippen LogP contribution in [0.15, 0.2) is 24.3 Å². The largest absolute Gasteiger partial charge is 0.490 e. The van der Waals surface area contributed by atoms with E-state index in [4.69, 9.17) is 9.90 Å². The Kier molecular flexibility index (Phi) is 8.22. The summed E-state index contributed by atoms with van der Waals surface area (Å²) in [5.41, 5.74) is 0.833. The Morgan fingerprint density at radius 3 is 2.16 bits per heavy atom. The zero-order valence-electron chi connectivity index (χ0n) is 18.0. The van der Waals surface area contributed by atoms with Crippen LogP contribution in [0.25, 0.3) is 0 Å². The number of benzene rings is 1. The van der Waals surface area contributed by atoms with Gasteiger partial charge in [0.1, 0.15) is 5.82 Å². The van der Waals surface area contributed by atoms with Gasteiger partial charge in [-0.25, -0.2) is 9.18 Å². The van der Waals surface area contributed by atoms with Crippen molar-refractivity contribution in [2.45, 2.75) is 33.0 Å². The van der Waals surface area contributed by atoms with Gasteiger partial charge in [0.15, 0.2) is 0 Å². The molecule has 2 aliphatic rings. The molecule has 0 aliphatic carbocycles. The fourth-order valence-electron chi connectivity index (χ4n) is 4.08. The molecular weight excluding hydrogens is 434 g/mol. The van der Waals surface area contributed by atoms with Gasteiger partial charge < -0.3 is 14.9 Å². The molecule has 32 heavy (non-hydrogen) atoms. The van der Waals surface area contributed by atoms with Crippen molar-refractivity contribution in [3.05, 3.63) is 35.6 Å². The molecule has 2 aliphatic heterocycles. The van der Waals surface area contributed by atoms with Crippen molar-refractivity contribution < 1.29 is 37.1 Å². The van der Waals surface area contributed by atoms with E-state index in [-0.39, 0.29) is 23.0 Å². The molecule has 0 saturated carbocycles. The third kappa shape index (κ3) is 6.91. The van der Waals surface area contributed by atoms with Crippen LogP contribution in [0.2, 0.25) is 0 Å². The van der Waals surface area contributed by atoms with E-state index in [2.05, 4.69) is 4.90 Å². The number of hydrogen-bond donors (Lipinski definition) is 1. The van der Waals surface area contributed by atoms with Crippen molar-refractivity contribution >= 4 is 17.8 Å². The number of likely N-dealkylation sites (tertiary alicyclic amines) is 1. The van der Waals surface area contributed by atoms with Gasteiger partial charge in [-0.3, -0.25) is 14.5 Å². The summed E-state index contributed by atoms with van der Waals surface area (Å²) in [5.74, 6) is -2.76. The summed E-state index contributed by atoms with van der Waals surface area (Å²) in [6, 6.07) is 6.55. The average Bonchev–Trinajstić information content (AvgIpc) is 2.89. The highest BCUT2D eigenvalue weighted by molar-refractivity contribution is 5.80. The molecule has 2 saturated heterocycles. The van der Waals surface area contributed by atoms with Crippen LogP contribution >= 0.6 is 0 Å². The predicted molar refractivity (Wildman–Crippen MR) is 107 cm³/mol. The smallest absolute Gasteiger partial charge is 0.475 e. The number of amides is 2. The van der Waals surface area contributed by atoms with Gasteiger partial charge in [-0.15, -0.1) is 0 Å². The first-order valence-electron chi connectivity index (χ1n) is 10.2. The lowest BCUT2D eigenvalue weighted by molar-refractivity contribution is -0.192. The number of carbonyl (C=O) groups excluding carboxylic acids is 2. The van der Waals surface area contributed by atoms with Crippen LogP contribution in [0.3, 0.4) is 0 Å². The first-order chi connectivity index (χ1) is 14.8. The van der Waals surface area contributed by atoms with Crippen molar-refractivity contribution in [3.8, 4) is 0 Å². The Morgan fingerprint density at radius 1 is 1.09 bits per heavy atom. The molecule has 2 amide bonds. The average molecular weight is 461 g/mol.